The molecule has 0 aromatic rings. The lowest BCUT2D eigenvalue weighted by Crippen LogP contribution is -2.49. The van der Waals surface area contributed by atoms with Gasteiger partial charge in [0.05, 0.1) is 12.2 Å². The molecule has 0 radical (unpaired) electrons. The lowest BCUT2D eigenvalue weighted by molar-refractivity contribution is 0.0282. The third kappa shape index (κ3) is 3.67. The Morgan fingerprint density at radius 2 is 2.24 bits per heavy atom. The van der Waals surface area contributed by atoms with Crippen LogP contribution in [-0.4, -0.2) is 48.8 Å². The molecular formula is C14H28N2O. The second kappa shape index (κ2) is 5.68. The summed E-state index contributed by atoms with van der Waals surface area (Å²) >= 11 is 0. The zero-order chi connectivity index (χ0) is 12.3. The maximum Gasteiger partial charge on any atom is 0.0706 e. The number of nitrogens with one attached hydrogen (secondary N) is 1. The van der Waals surface area contributed by atoms with E-state index in [2.05, 4.69) is 31.0 Å². The molecule has 2 heterocycles. The van der Waals surface area contributed by atoms with Crippen LogP contribution in [0.2, 0.25) is 0 Å². The maximum atomic E-state index is 5.94. The maximum absolute atomic E-state index is 5.94. The van der Waals surface area contributed by atoms with E-state index in [4.69, 9.17) is 4.74 Å². The molecule has 3 atom stereocenters. The van der Waals surface area contributed by atoms with E-state index in [1.807, 2.05) is 0 Å². The lowest BCUT2D eigenvalue weighted by atomic mass is 9.98. The summed E-state index contributed by atoms with van der Waals surface area (Å²) in [7, 11) is 0. The van der Waals surface area contributed by atoms with Gasteiger partial charge < -0.3 is 10.1 Å². The smallest absolute Gasteiger partial charge is 0.0706 e. The Labute approximate surface area is 106 Å². The van der Waals surface area contributed by atoms with Gasteiger partial charge in [0.2, 0.25) is 0 Å². The van der Waals surface area contributed by atoms with Crippen LogP contribution in [0.3, 0.4) is 0 Å². The van der Waals surface area contributed by atoms with Crippen LogP contribution in [0.15, 0.2) is 0 Å². The average Bonchev–Trinajstić information content (AvgIpc) is 2.59. The first-order valence-electron chi connectivity index (χ1n) is 7.24. The van der Waals surface area contributed by atoms with Gasteiger partial charge in [0.25, 0.3) is 0 Å². The molecule has 0 spiro atoms. The van der Waals surface area contributed by atoms with Crippen molar-refractivity contribution < 1.29 is 4.74 Å². The summed E-state index contributed by atoms with van der Waals surface area (Å²) in [6, 6.07) is 0. The quantitative estimate of drug-likeness (QED) is 0.817. The number of rotatable bonds is 3. The molecular weight excluding hydrogens is 212 g/mol. The molecule has 2 fully saturated rings. The van der Waals surface area contributed by atoms with Gasteiger partial charge in [0, 0.05) is 18.6 Å². The minimum atomic E-state index is 0.292. The second-order valence-electron chi connectivity index (χ2n) is 6.08. The molecule has 0 bridgehead atoms. The third-order valence-electron chi connectivity index (χ3n) is 4.34. The van der Waals surface area contributed by atoms with E-state index in [9.17, 15) is 0 Å². The SMILES string of the molecule is CCC1(C)CN(CC2CCC(C)O2)CCCN1. The van der Waals surface area contributed by atoms with Gasteiger partial charge in [-0.15, -0.1) is 0 Å². The van der Waals surface area contributed by atoms with Gasteiger partial charge in [-0.2, -0.15) is 0 Å². The van der Waals surface area contributed by atoms with Gasteiger partial charge >= 0.3 is 0 Å². The second-order valence-corrected chi connectivity index (χ2v) is 6.08. The highest BCUT2D eigenvalue weighted by atomic mass is 16.5. The largest absolute Gasteiger partial charge is 0.374 e. The van der Waals surface area contributed by atoms with E-state index >= 15 is 0 Å². The van der Waals surface area contributed by atoms with Crippen LogP contribution in [0, 0.1) is 0 Å². The standard InChI is InChI=1S/C14H28N2O/c1-4-14(3)11-16(9-5-8-15-14)10-13-7-6-12(2)17-13/h12-13,15H,4-11H2,1-3H3. The molecule has 2 aliphatic rings. The molecule has 2 saturated heterocycles. The van der Waals surface area contributed by atoms with Gasteiger partial charge in [-0.1, -0.05) is 6.92 Å². The van der Waals surface area contributed by atoms with Gasteiger partial charge in [-0.3, -0.25) is 4.90 Å². The van der Waals surface area contributed by atoms with Gasteiger partial charge in [0.1, 0.15) is 0 Å². The van der Waals surface area contributed by atoms with Crippen LogP contribution in [-0.2, 0) is 4.74 Å². The van der Waals surface area contributed by atoms with E-state index in [1.165, 1.54) is 32.2 Å². The number of hydrogen-bond donors (Lipinski definition) is 1. The minimum absolute atomic E-state index is 0.292. The summed E-state index contributed by atoms with van der Waals surface area (Å²) < 4.78 is 5.94. The van der Waals surface area contributed by atoms with Crippen molar-refractivity contribution in [3.8, 4) is 0 Å². The molecule has 0 saturated carbocycles. The normalized spacial score (nSPS) is 40.4. The fraction of sp³-hybridized carbons (Fsp3) is 1.00. The van der Waals surface area contributed by atoms with Crippen molar-refractivity contribution in [1.82, 2.24) is 10.2 Å². The highest BCUT2D eigenvalue weighted by molar-refractivity contribution is 4.89. The number of hydrogen-bond acceptors (Lipinski definition) is 3. The van der Waals surface area contributed by atoms with Crippen molar-refractivity contribution in [3.63, 3.8) is 0 Å². The first-order chi connectivity index (χ1) is 8.11. The predicted octanol–water partition coefficient (Wildman–Crippen LogP) is 2.02. The summed E-state index contributed by atoms with van der Waals surface area (Å²) in [5.41, 5.74) is 0.292. The minimum Gasteiger partial charge on any atom is -0.374 e. The average molecular weight is 240 g/mol. The Hall–Kier alpha value is -0.120. The summed E-state index contributed by atoms with van der Waals surface area (Å²) in [4.78, 5) is 2.60. The van der Waals surface area contributed by atoms with E-state index in [0.29, 0.717) is 17.7 Å². The molecule has 0 amide bonds. The van der Waals surface area contributed by atoms with E-state index < -0.39 is 0 Å². The van der Waals surface area contributed by atoms with Crippen molar-refractivity contribution in [3.05, 3.63) is 0 Å². The Bertz CT molecular complexity index is 246. The van der Waals surface area contributed by atoms with Gasteiger partial charge in [-0.05, 0) is 52.6 Å². The summed E-state index contributed by atoms with van der Waals surface area (Å²) in [5, 5.41) is 3.69. The van der Waals surface area contributed by atoms with E-state index in [1.54, 1.807) is 0 Å². The van der Waals surface area contributed by atoms with Gasteiger partial charge in [-0.25, -0.2) is 0 Å². The summed E-state index contributed by atoms with van der Waals surface area (Å²) in [6.07, 6.45) is 5.89. The van der Waals surface area contributed by atoms with Crippen molar-refractivity contribution in [2.45, 2.75) is 64.2 Å². The first kappa shape index (κ1) is 13.3. The monoisotopic (exact) mass is 240 g/mol. The van der Waals surface area contributed by atoms with Crippen molar-refractivity contribution >= 4 is 0 Å². The molecule has 0 aromatic carbocycles. The molecule has 1 N–H and O–H groups in total. The van der Waals surface area contributed by atoms with Crippen LogP contribution >= 0.6 is 0 Å². The zero-order valence-electron chi connectivity index (χ0n) is 11.7. The molecule has 0 aromatic heterocycles. The summed E-state index contributed by atoms with van der Waals surface area (Å²) in [6.45, 7) is 11.5. The topological polar surface area (TPSA) is 24.5 Å². The molecule has 100 valence electrons. The van der Waals surface area contributed by atoms with Crippen molar-refractivity contribution in [2.75, 3.05) is 26.2 Å². The van der Waals surface area contributed by atoms with Crippen LogP contribution in [0.1, 0.15) is 46.5 Å². The fourth-order valence-electron chi connectivity index (χ4n) is 3.02. The molecule has 3 unspecified atom stereocenters. The predicted molar refractivity (Wildman–Crippen MR) is 71.3 cm³/mol. The molecule has 2 rings (SSSR count). The van der Waals surface area contributed by atoms with E-state index in [-0.39, 0.29) is 0 Å². The molecule has 17 heavy (non-hydrogen) atoms. The Morgan fingerprint density at radius 1 is 1.41 bits per heavy atom. The van der Waals surface area contributed by atoms with Crippen LogP contribution in [0.4, 0.5) is 0 Å². The molecule has 3 heteroatoms. The molecule has 0 aliphatic carbocycles. The highest BCUT2D eigenvalue weighted by Gasteiger charge is 2.30. The van der Waals surface area contributed by atoms with Crippen LogP contribution < -0.4 is 5.32 Å². The molecule has 3 nitrogen and oxygen atoms in total. The molecule has 2 aliphatic heterocycles. The number of nitrogens with zero attached hydrogens (tertiary/aromatic N) is 1. The van der Waals surface area contributed by atoms with Crippen molar-refractivity contribution in [2.24, 2.45) is 0 Å². The summed E-state index contributed by atoms with van der Waals surface area (Å²) in [5.74, 6) is 0. The van der Waals surface area contributed by atoms with Gasteiger partial charge in [0.15, 0.2) is 0 Å². The van der Waals surface area contributed by atoms with Crippen LogP contribution in [0.25, 0.3) is 0 Å². The van der Waals surface area contributed by atoms with Crippen LogP contribution in [0.5, 0.6) is 0 Å². The number of ether oxygens (including phenoxy) is 1. The third-order valence-corrected chi connectivity index (χ3v) is 4.34. The van der Waals surface area contributed by atoms with E-state index in [0.717, 1.165) is 19.6 Å². The Balaban J connectivity index is 1.86. The Morgan fingerprint density at radius 3 is 2.88 bits per heavy atom. The first-order valence-corrected chi connectivity index (χ1v) is 7.24. The Kier molecular flexibility index (Phi) is 4.45. The lowest BCUT2D eigenvalue weighted by Gasteiger charge is -2.33. The highest BCUT2D eigenvalue weighted by Crippen LogP contribution is 2.22. The fourth-order valence-corrected chi connectivity index (χ4v) is 3.02. The zero-order valence-corrected chi connectivity index (χ0v) is 11.7. The van der Waals surface area contributed by atoms with Crippen molar-refractivity contribution in [1.29, 1.82) is 0 Å².